The van der Waals surface area contributed by atoms with E-state index in [4.69, 9.17) is 0 Å². The summed E-state index contributed by atoms with van der Waals surface area (Å²) in [5.41, 5.74) is 1.52. The standard InChI is InChI=1S/C16H19FN6/c1-4-23(5-2)16-20-14(13-10-18-22(3)15(13)21-16)19-12-8-6-11(17)7-9-12/h6-10H,4-5H2,1-3H3,(H,19,20,21). The zero-order valence-electron chi connectivity index (χ0n) is 13.4. The number of aryl methyl sites for hydroxylation is 1. The van der Waals surface area contributed by atoms with Gasteiger partial charge in [0, 0.05) is 25.8 Å². The molecule has 120 valence electrons. The zero-order chi connectivity index (χ0) is 16.4. The minimum atomic E-state index is -0.270. The van der Waals surface area contributed by atoms with Crippen LogP contribution >= 0.6 is 0 Å². The highest BCUT2D eigenvalue weighted by Gasteiger charge is 2.14. The van der Waals surface area contributed by atoms with E-state index in [0.717, 1.165) is 29.8 Å². The molecule has 1 aromatic carbocycles. The van der Waals surface area contributed by atoms with Crippen molar-refractivity contribution in [3.8, 4) is 0 Å². The van der Waals surface area contributed by atoms with Gasteiger partial charge in [0.2, 0.25) is 5.95 Å². The lowest BCUT2D eigenvalue weighted by Crippen LogP contribution is -2.24. The normalized spacial score (nSPS) is 11.0. The second-order valence-electron chi connectivity index (χ2n) is 5.18. The van der Waals surface area contributed by atoms with Gasteiger partial charge < -0.3 is 10.2 Å². The number of fused-ring (bicyclic) bond motifs is 1. The van der Waals surface area contributed by atoms with Gasteiger partial charge in [0.1, 0.15) is 11.6 Å². The molecule has 0 bridgehead atoms. The molecule has 7 heteroatoms. The number of nitrogens with zero attached hydrogens (tertiary/aromatic N) is 5. The summed E-state index contributed by atoms with van der Waals surface area (Å²) in [5, 5.41) is 8.32. The molecular weight excluding hydrogens is 295 g/mol. The molecule has 0 saturated heterocycles. The van der Waals surface area contributed by atoms with Crippen molar-refractivity contribution in [2.75, 3.05) is 23.3 Å². The number of benzene rings is 1. The molecule has 0 aliphatic carbocycles. The summed E-state index contributed by atoms with van der Waals surface area (Å²) < 4.78 is 14.8. The lowest BCUT2D eigenvalue weighted by atomic mass is 10.3. The lowest BCUT2D eigenvalue weighted by Gasteiger charge is -2.19. The third kappa shape index (κ3) is 2.94. The highest BCUT2D eigenvalue weighted by atomic mass is 19.1. The van der Waals surface area contributed by atoms with Gasteiger partial charge >= 0.3 is 0 Å². The summed E-state index contributed by atoms with van der Waals surface area (Å²) in [6.45, 7) is 5.76. The van der Waals surface area contributed by atoms with Crippen LogP contribution in [0.4, 0.5) is 21.8 Å². The van der Waals surface area contributed by atoms with E-state index < -0.39 is 0 Å². The fraction of sp³-hybridized carbons (Fsp3) is 0.312. The number of rotatable bonds is 5. The van der Waals surface area contributed by atoms with Crippen LogP contribution in [0.1, 0.15) is 13.8 Å². The van der Waals surface area contributed by atoms with Crippen LogP contribution in [0.2, 0.25) is 0 Å². The highest BCUT2D eigenvalue weighted by molar-refractivity contribution is 5.89. The lowest BCUT2D eigenvalue weighted by molar-refractivity contribution is 0.628. The molecule has 6 nitrogen and oxygen atoms in total. The van der Waals surface area contributed by atoms with E-state index in [9.17, 15) is 4.39 Å². The van der Waals surface area contributed by atoms with Crippen LogP contribution in [-0.2, 0) is 7.05 Å². The molecule has 0 aliphatic heterocycles. The molecule has 0 saturated carbocycles. The van der Waals surface area contributed by atoms with Crippen molar-refractivity contribution in [1.29, 1.82) is 0 Å². The monoisotopic (exact) mass is 314 g/mol. The van der Waals surface area contributed by atoms with Crippen molar-refractivity contribution in [1.82, 2.24) is 19.7 Å². The third-order valence-corrected chi connectivity index (χ3v) is 3.73. The third-order valence-electron chi connectivity index (χ3n) is 3.73. The Balaban J connectivity index is 2.08. The van der Waals surface area contributed by atoms with Gasteiger partial charge in [0.15, 0.2) is 5.65 Å². The topological polar surface area (TPSA) is 58.9 Å². The van der Waals surface area contributed by atoms with E-state index in [1.54, 1.807) is 23.0 Å². The first-order valence-electron chi connectivity index (χ1n) is 7.59. The molecule has 0 atom stereocenters. The van der Waals surface area contributed by atoms with Gasteiger partial charge in [0.25, 0.3) is 0 Å². The Bertz CT molecular complexity index is 807. The second kappa shape index (κ2) is 6.20. The van der Waals surface area contributed by atoms with Crippen LogP contribution < -0.4 is 10.2 Å². The number of hydrogen-bond donors (Lipinski definition) is 1. The molecule has 0 spiro atoms. The number of aromatic nitrogens is 4. The van der Waals surface area contributed by atoms with Crippen LogP contribution in [0.25, 0.3) is 11.0 Å². The summed E-state index contributed by atoms with van der Waals surface area (Å²) >= 11 is 0. The Hall–Kier alpha value is -2.70. The van der Waals surface area contributed by atoms with Gasteiger partial charge in [-0.15, -0.1) is 0 Å². The molecule has 3 rings (SSSR count). The average Bonchev–Trinajstić information content (AvgIpc) is 2.93. The summed E-state index contributed by atoms with van der Waals surface area (Å²) in [6.07, 6.45) is 1.73. The second-order valence-corrected chi connectivity index (χ2v) is 5.18. The minimum absolute atomic E-state index is 0.270. The van der Waals surface area contributed by atoms with Crippen molar-refractivity contribution < 1.29 is 4.39 Å². The molecule has 0 radical (unpaired) electrons. The maximum absolute atomic E-state index is 13.1. The number of hydrogen-bond acceptors (Lipinski definition) is 5. The van der Waals surface area contributed by atoms with Gasteiger partial charge in [-0.05, 0) is 38.1 Å². The van der Waals surface area contributed by atoms with E-state index in [-0.39, 0.29) is 5.82 Å². The Kier molecular flexibility index (Phi) is 4.10. The van der Waals surface area contributed by atoms with Crippen LogP contribution in [-0.4, -0.2) is 32.8 Å². The van der Waals surface area contributed by atoms with Crippen molar-refractivity contribution in [2.24, 2.45) is 7.05 Å². The van der Waals surface area contributed by atoms with E-state index >= 15 is 0 Å². The summed E-state index contributed by atoms with van der Waals surface area (Å²) in [7, 11) is 1.85. The Morgan fingerprint density at radius 2 is 1.83 bits per heavy atom. The molecule has 3 aromatic rings. The predicted octanol–water partition coefficient (Wildman–Crippen LogP) is 3.09. The molecule has 0 fully saturated rings. The average molecular weight is 314 g/mol. The van der Waals surface area contributed by atoms with Gasteiger partial charge in [-0.1, -0.05) is 0 Å². The zero-order valence-corrected chi connectivity index (χ0v) is 13.4. The molecule has 1 N–H and O–H groups in total. The molecule has 2 aromatic heterocycles. The fourth-order valence-electron chi connectivity index (χ4n) is 2.42. The first-order chi connectivity index (χ1) is 11.1. The molecule has 0 unspecified atom stereocenters. The predicted molar refractivity (Wildman–Crippen MR) is 89.5 cm³/mol. The van der Waals surface area contributed by atoms with Crippen LogP contribution in [0, 0.1) is 5.82 Å². The quantitative estimate of drug-likeness (QED) is 0.784. The van der Waals surface area contributed by atoms with Gasteiger partial charge in [-0.2, -0.15) is 15.1 Å². The van der Waals surface area contributed by atoms with Crippen LogP contribution in [0.3, 0.4) is 0 Å². The number of anilines is 3. The van der Waals surface area contributed by atoms with Gasteiger partial charge in [-0.25, -0.2) is 4.39 Å². The maximum Gasteiger partial charge on any atom is 0.229 e. The number of nitrogens with one attached hydrogen (secondary N) is 1. The van der Waals surface area contributed by atoms with E-state index in [1.807, 2.05) is 7.05 Å². The van der Waals surface area contributed by atoms with Crippen molar-refractivity contribution in [3.05, 3.63) is 36.3 Å². The molecule has 0 amide bonds. The van der Waals surface area contributed by atoms with Gasteiger partial charge in [0.05, 0.1) is 11.6 Å². The fourth-order valence-corrected chi connectivity index (χ4v) is 2.42. The summed E-state index contributed by atoms with van der Waals surface area (Å²) in [5.74, 6) is 1.04. The minimum Gasteiger partial charge on any atom is -0.341 e. The van der Waals surface area contributed by atoms with E-state index in [0.29, 0.717) is 11.8 Å². The molecule has 2 heterocycles. The number of halogens is 1. The maximum atomic E-state index is 13.1. The van der Waals surface area contributed by atoms with E-state index in [1.165, 1.54) is 12.1 Å². The summed E-state index contributed by atoms with van der Waals surface area (Å²) in [6, 6.07) is 6.18. The largest absolute Gasteiger partial charge is 0.341 e. The molecular formula is C16H19FN6. The van der Waals surface area contributed by atoms with Gasteiger partial charge in [-0.3, -0.25) is 4.68 Å². The van der Waals surface area contributed by atoms with Crippen molar-refractivity contribution >= 4 is 28.5 Å². The molecule has 23 heavy (non-hydrogen) atoms. The SMILES string of the molecule is CCN(CC)c1nc(Nc2ccc(F)cc2)c2cnn(C)c2n1. The summed E-state index contributed by atoms with van der Waals surface area (Å²) in [4.78, 5) is 11.3. The Morgan fingerprint density at radius 3 is 2.48 bits per heavy atom. The first-order valence-corrected chi connectivity index (χ1v) is 7.59. The molecule has 0 aliphatic rings. The van der Waals surface area contributed by atoms with E-state index in [2.05, 4.69) is 39.1 Å². The highest BCUT2D eigenvalue weighted by Crippen LogP contribution is 2.26. The van der Waals surface area contributed by atoms with Crippen molar-refractivity contribution in [2.45, 2.75) is 13.8 Å². The van der Waals surface area contributed by atoms with Crippen LogP contribution in [0.15, 0.2) is 30.5 Å². The Morgan fingerprint density at radius 1 is 1.13 bits per heavy atom. The van der Waals surface area contributed by atoms with Crippen molar-refractivity contribution in [3.63, 3.8) is 0 Å². The van der Waals surface area contributed by atoms with Crippen LogP contribution in [0.5, 0.6) is 0 Å². The first kappa shape index (κ1) is 15.2. The Labute approximate surface area is 134 Å². The smallest absolute Gasteiger partial charge is 0.229 e.